The summed E-state index contributed by atoms with van der Waals surface area (Å²) in [5, 5.41) is 9.88. The van der Waals surface area contributed by atoms with Crippen LogP contribution in [0.5, 0.6) is 5.75 Å². The topological polar surface area (TPSA) is 85.3 Å². The van der Waals surface area contributed by atoms with Crippen LogP contribution in [0.15, 0.2) is 41.0 Å². The number of nitrogens with zero attached hydrogens (tertiary/aromatic N) is 1. The minimum absolute atomic E-state index is 0.0321. The lowest BCUT2D eigenvalue weighted by Crippen LogP contribution is -2.27. The van der Waals surface area contributed by atoms with Gasteiger partial charge in [-0.1, -0.05) is 23.6 Å². The zero-order valence-corrected chi connectivity index (χ0v) is 14.1. The maximum Gasteiger partial charge on any atom is 0.205 e. The lowest BCUT2D eigenvalue weighted by molar-refractivity contribution is -0.116. The van der Waals surface area contributed by atoms with Crippen molar-refractivity contribution < 1.29 is 14.3 Å². The Morgan fingerprint density at radius 1 is 1.44 bits per heavy atom. The van der Waals surface area contributed by atoms with Gasteiger partial charge in [0, 0.05) is 18.4 Å². The fourth-order valence-electron chi connectivity index (χ4n) is 3.12. The third kappa shape index (κ3) is 3.07. The van der Waals surface area contributed by atoms with Gasteiger partial charge in [0.05, 0.1) is 10.9 Å². The maximum atomic E-state index is 12.5. The smallest absolute Gasteiger partial charge is 0.205 e. The second-order valence-corrected chi connectivity index (χ2v) is 6.13. The first-order valence-corrected chi connectivity index (χ1v) is 8.14. The Morgan fingerprint density at radius 3 is 2.92 bits per heavy atom. The van der Waals surface area contributed by atoms with Gasteiger partial charge in [0.15, 0.2) is 5.78 Å². The van der Waals surface area contributed by atoms with Crippen molar-refractivity contribution in [2.75, 3.05) is 6.61 Å². The highest BCUT2D eigenvalue weighted by molar-refractivity contribution is 6.32. The molecule has 126 valence electrons. The van der Waals surface area contributed by atoms with Crippen molar-refractivity contribution in [1.82, 2.24) is 0 Å². The zero-order valence-electron chi connectivity index (χ0n) is 13.3. The fourth-order valence-corrected chi connectivity index (χ4v) is 3.37. The molecule has 0 bridgehead atoms. The minimum Gasteiger partial charge on any atom is -0.479 e. The van der Waals surface area contributed by atoms with Crippen LogP contribution >= 0.6 is 11.6 Å². The van der Waals surface area contributed by atoms with E-state index >= 15 is 0 Å². The molecule has 25 heavy (non-hydrogen) atoms. The third-order valence-electron chi connectivity index (χ3n) is 4.21. The van der Waals surface area contributed by atoms with Crippen molar-refractivity contribution >= 4 is 17.4 Å². The van der Waals surface area contributed by atoms with Gasteiger partial charge < -0.3 is 15.2 Å². The highest BCUT2D eigenvalue weighted by atomic mass is 35.5. The van der Waals surface area contributed by atoms with Gasteiger partial charge in [0.1, 0.15) is 29.8 Å². The van der Waals surface area contributed by atoms with Gasteiger partial charge in [-0.15, -0.1) is 6.42 Å². The predicted molar refractivity (Wildman–Crippen MR) is 92.3 cm³/mol. The summed E-state index contributed by atoms with van der Waals surface area (Å²) in [4.78, 5) is 12.5. The van der Waals surface area contributed by atoms with Gasteiger partial charge in [-0.25, -0.2) is 0 Å². The number of ketones is 1. The molecule has 0 saturated heterocycles. The Kier molecular flexibility index (Phi) is 4.70. The van der Waals surface area contributed by atoms with E-state index in [0.29, 0.717) is 46.9 Å². The summed E-state index contributed by atoms with van der Waals surface area (Å²) in [6, 6.07) is 7.16. The molecule has 1 heterocycles. The van der Waals surface area contributed by atoms with Gasteiger partial charge in [-0.2, -0.15) is 5.26 Å². The number of ether oxygens (including phenoxy) is 2. The maximum absolute atomic E-state index is 12.5. The molecule has 0 saturated carbocycles. The van der Waals surface area contributed by atoms with E-state index in [9.17, 15) is 10.1 Å². The third-order valence-corrected chi connectivity index (χ3v) is 4.50. The molecule has 0 fully saturated rings. The van der Waals surface area contributed by atoms with Crippen LogP contribution in [0, 0.1) is 23.7 Å². The van der Waals surface area contributed by atoms with Crippen LogP contribution in [0.1, 0.15) is 30.7 Å². The monoisotopic (exact) mass is 354 g/mol. The fraction of sp³-hybridized carbons (Fsp3) is 0.263. The Labute approximate surface area is 150 Å². The molecular weight excluding hydrogens is 340 g/mol. The quantitative estimate of drug-likeness (QED) is 0.843. The van der Waals surface area contributed by atoms with Crippen LogP contribution in [0.25, 0.3) is 0 Å². The van der Waals surface area contributed by atoms with E-state index in [-0.39, 0.29) is 23.8 Å². The first kappa shape index (κ1) is 17.0. The van der Waals surface area contributed by atoms with Crippen molar-refractivity contribution in [3.8, 4) is 24.2 Å². The number of rotatable bonds is 3. The highest BCUT2D eigenvalue weighted by Gasteiger charge is 2.38. The average Bonchev–Trinajstić information content (AvgIpc) is 2.59. The summed E-state index contributed by atoms with van der Waals surface area (Å²) in [7, 11) is 0. The van der Waals surface area contributed by atoms with Crippen molar-refractivity contribution in [3.63, 3.8) is 0 Å². The molecule has 0 unspecified atom stereocenters. The Bertz CT molecular complexity index is 887. The normalized spacial score (nSPS) is 19.6. The van der Waals surface area contributed by atoms with E-state index in [1.807, 2.05) is 0 Å². The van der Waals surface area contributed by atoms with E-state index in [1.54, 1.807) is 18.2 Å². The number of terminal acetylenes is 1. The van der Waals surface area contributed by atoms with Gasteiger partial charge in [0.2, 0.25) is 5.88 Å². The minimum atomic E-state index is -0.583. The number of nitrogens with two attached hydrogens (primary N) is 1. The summed E-state index contributed by atoms with van der Waals surface area (Å²) < 4.78 is 10.9. The van der Waals surface area contributed by atoms with E-state index < -0.39 is 5.92 Å². The SMILES string of the molecule is C#CCOc1ccc([C@@H]2C(C#N)=C(N)OC3=C2C(=O)CCC3)cc1Cl. The Morgan fingerprint density at radius 2 is 2.24 bits per heavy atom. The van der Waals surface area contributed by atoms with Gasteiger partial charge in [-0.05, 0) is 24.1 Å². The number of carbonyl (C=O) groups is 1. The summed E-state index contributed by atoms with van der Waals surface area (Å²) >= 11 is 6.27. The predicted octanol–water partition coefficient (Wildman–Crippen LogP) is 3.17. The van der Waals surface area contributed by atoms with Crippen LogP contribution in [0.4, 0.5) is 0 Å². The van der Waals surface area contributed by atoms with E-state index in [2.05, 4.69) is 12.0 Å². The number of nitriles is 1. The number of Topliss-reactive ketones (excluding diaryl/α,β-unsaturated/α-hetero) is 1. The largest absolute Gasteiger partial charge is 0.479 e. The second kappa shape index (κ2) is 6.93. The molecule has 5 nitrogen and oxygen atoms in total. The Balaban J connectivity index is 2.08. The van der Waals surface area contributed by atoms with Crippen LogP contribution in [0.3, 0.4) is 0 Å². The molecule has 2 N–H and O–H groups in total. The molecule has 0 spiro atoms. The first-order chi connectivity index (χ1) is 12.1. The number of carbonyl (C=O) groups excluding carboxylic acids is 1. The summed E-state index contributed by atoms with van der Waals surface area (Å²) in [5.41, 5.74) is 7.30. The standard InChI is InChI=1S/C19H15ClN2O3/c1-2-8-24-15-7-6-11(9-13(15)20)17-12(10-21)19(22)25-16-5-3-4-14(23)18(16)17/h1,6-7,9,17H,3-5,8,22H2/t17-/m1/s1. The molecule has 3 rings (SSSR count). The van der Waals surface area contributed by atoms with E-state index in [1.165, 1.54) is 0 Å². The summed E-state index contributed by atoms with van der Waals surface area (Å²) in [6.07, 6.45) is 6.93. The zero-order chi connectivity index (χ0) is 18.0. The molecule has 1 aliphatic carbocycles. The van der Waals surface area contributed by atoms with E-state index in [4.69, 9.17) is 33.2 Å². The molecule has 1 aromatic rings. The number of halogens is 1. The molecule has 1 atom stereocenters. The molecule has 2 aliphatic rings. The average molecular weight is 355 g/mol. The van der Waals surface area contributed by atoms with Crippen LogP contribution < -0.4 is 10.5 Å². The number of allylic oxidation sites excluding steroid dienone is 3. The van der Waals surface area contributed by atoms with Crippen molar-refractivity contribution in [3.05, 3.63) is 51.6 Å². The second-order valence-electron chi connectivity index (χ2n) is 5.72. The highest BCUT2D eigenvalue weighted by Crippen LogP contribution is 2.44. The lowest BCUT2D eigenvalue weighted by atomic mass is 9.77. The summed E-state index contributed by atoms with van der Waals surface area (Å²) in [5.74, 6) is 2.77. The molecule has 0 radical (unpaired) electrons. The molecule has 1 aliphatic heterocycles. The summed E-state index contributed by atoms with van der Waals surface area (Å²) in [6.45, 7) is 0.0976. The van der Waals surface area contributed by atoms with Gasteiger partial charge in [-0.3, -0.25) is 4.79 Å². The molecule has 0 aromatic heterocycles. The lowest BCUT2D eigenvalue weighted by Gasteiger charge is -2.31. The molecule has 1 aromatic carbocycles. The van der Waals surface area contributed by atoms with Crippen LogP contribution in [0.2, 0.25) is 5.02 Å². The van der Waals surface area contributed by atoms with Crippen LogP contribution in [-0.4, -0.2) is 12.4 Å². The van der Waals surface area contributed by atoms with Crippen molar-refractivity contribution in [2.24, 2.45) is 5.73 Å². The van der Waals surface area contributed by atoms with Crippen LogP contribution in [-0.2, 0) is 9.53 Å². The first-order valence-electron chi connectivity index (χ1n) is 7.76. The van der Waals surface area contributed by atoms with E-state index in [0.717, 1.165) is 0 Å². The number of benzene rings is 1. The number of hydrogen-bond acceptors (Lipinski definition) is 5. The molecule has 0 amide bonds. The van der Waals surface area contributed by atoms with Gasteiger partial charge in [0.25, 0.3) is 0 Å². The van der Waals surface area contributed by atoms with Crippen molar-refractivity contribution in [2.45, 2.75) is 25.2 Å². The molecule has 6 heteroatoms. The number of hydrogen-bond donors (Lipinski definition) is 1. The van der Waals surface area contributed by atoms with Gasteiger partial charge >= 0.3 is 0 Å². The Hall–Kier alpha value is -2.89. The molecular formula is C19H15ClN2O3. The van der Waals surface area contributed by atoms with Crippen molar-refractivity contribution in [1.29, 1.82) is 5.26 Å².